The maximum atomic E-state index is 4.48. The van der Waals surface area contributed by atoms with Crippen LogP contribution in [-0.4, -0.2) is 15.2 Å². The van der Waals surface area contributed by atoms with Crippen molar-refractivity contribution in [1.29, 1.82) is 0 Å². The van der Waals surface area contributed by atoms with Gasteiger partial charge in [-0.05, 0) is 18.2 Å². The van der Waals surface area contributed by atoms with Gasteiger partial charge in [0.15, 0.2) is 0 Å². The highest BCUT2D eigenvalue weighted by atomic mass is 15.1. The number of hydrogen-bond acceptors (Lipinski definition) is 1. The van der Waals surface area contributed by atoms with E-state index in [0.717, 1.165) is 16.6 Å². The first-order valence-electron chi connectivity index (χ1n) is 5.26. The van der Waals surface area contributed by atoms with Gasteiger partial charge in [-0.2, -0.15) is 0 Å². The summed E-state index contributed by atoms with van der Waals surface area (Å²) in [5, 5.41) is 10.0. The molecule has 0 aliphatic rings. The van der Waals surface area contributed by atoms with Gasteiger partial charge in [0, 0.05) is 22.4 Å². The Labute approximate surface area is 91.1 Å². The van der Waals surface area contributed by atoms with Crippen LogP contribution in [0.2, 0.25) is 0 Å². The minimum Gasteiger partial charge on any atom is -0.300 e. The molecule has 0 aliphatic carbocycles. The quantitative estimate of drug-likeness (QED) is 0.427. The number of nitrogens with zero attached hydrogens (tertiary/aromatic N) is 1. The number of hydrogen-bond donors (Lipinski definition) is 2. The Morgan fingerprint density at radius 2 is 1.56 bits per heavy atom. The Morgan fingerprint density at radius 3 is 2.44 bits per heavy atom. The summed E-state index contributed by atoms with van der Waals surface area (Å²) in [5.41, 5.74) is 3.24. The van der Waals surface area contributed by atoms with Crippen molar-refractivity contribution in [2.75, 3.05) is 0 Å². The van der Waals surface area contributed by atoms with E-state index >= 15 is 0 Å². The van der Waals surface area contributed by atoms with Crippen LogP contribution in [0, 0.1) is 0 Å². The summed E-state index contributed by atoms with van der Waals surface area (Å²) in [7, 11) is 0. The molecule has 16 heavy (non-hydrogen) atoms. The van der Waals surface area contributed by atoms with Crippen LogP contribution in [0.5, 0.6) is 0 Å². The molecule has 3 heteroatoms. The monoisotopic (exact) mass is 207 g/mol. The van der Waals surface area contributed by atoms with Crippen molar-refractivity contribution < 1.29 is 0 Å². The molecular weight excluding hydrogens is 198 g/mol. The maximum Gasteiger partial charge on any atom is 0.0730 e. The van der Waals surface area contributed by atoms with E-state index in [1.807, 2.05) is 24.4 Å². The van der Waals surface area contributed by atoms with E-state index in [9.17, 15) is 0 Å². The first kappa shape index (κ1) is 7.93. The molecule has 0 spiro atoms. The molecule has 2 heterocycles. The Morgan fingerprint density at radius 1 is 0.812 bits per heavy atom. The first-order chi connectivity index (χ1) is 7.93. The highest BCUT2D eigenvalue weighted by molar-refractivity contribution is 6.19. The van der Waals surface area contributed by atoms with Crippen LogP contribution >= 0.6 is 0 Å². The summed E-state index contributed by atoms with van der Waals surface area (Å²) >= 11 is 0. The van der Waals surface area contributed by atoms with Crippen LogP contribution < -0.4 is 0 Å². The highest BCUT2D eigenvalue weighted by Gasteiger charge is 2.07. The Bertz CT molecular complexity index is 678. The fourth-order valence-corrected chi connectivity index (χ4v) is 2.35. The van der Waals surface area contributed by atoms with Gasteiger partial charge in [-0.1, -0.05) is 18.2 Å². The number of benzene rings is 2. The molecule has 0 saturated carbocycles. The molecule has 0 aliphatic heterocycles. The van der Waals surface area contributed by atoms with E-state index < -0.39 is 0 Å². The lowest BCUT2D eigenvalue weighted by molar-refractivity contribution is 1.12. The van der Waals surface area contributed by atoms with Crippen LogP contribution in [0.25, 0.3) is 32.7 Å². The third-order valence-corrected chi connectivity index (χ3v) is 3.06. The van der Waals surface area contributed by atoms with E-state index in [1.165, 1.54) is 16.2 Å². The molecular formula is C13H9N3. The largest absolute Gasteiger partial charge is 0.300 e. The summed E-state index contributed by atoms with van der Waals surface area (Å²) < 4.78 is 0. The fraction of sp³-hybridized carbons (Fsp3) is 0. The van der Waals surface area contributed by atoms with Crippen molar-refractivity contribution >= 4 is 32.7 Å². The Balaban J connectivity index is 2.51. The Kier molecular flexibility index (Phi) is 1.31. The van der Waals surface area contributed by atoms with Crippen LogP contribution in [0.1, 0.15) is 0 Å². The van der Waals surface area contributed by atoms with Gasteiger partial charge < -0.3 is 10.2 Å². The molecule has 0 saturated heterocycles. The number of H-pyrrole nitrogens is 2. The van der Waals surface area contributed by atoms with Crippen LogP contribution in [-0.2, 0) is 0 Å². The summed E-state index contributed by atoms with van der Waals surface area (Å²) in [6.07, 6.45) is 1.93. The molecule has 0 atom stereocenters. The van der Waals surface area contributed by atoms with Gasteiger partial charge in [-0.3, -0.25) is 4.98 Å². The van der Waals surface area contributed by atoms with Gasteiger partial charge in [0.05, 0.1) is 16.6 Å². The molecule has 0 fully saturated rings. The number of pyridine rings is 1. The lowest BCUT2D eigenvalue weighted by Gasteiger charge is -2.09. The van der Waals surface area contributed by atoms with Gasteiger partial charge in [0.1, 0.15) is 0 Å². The molecule has 76 valence electrons. The average molecular weight is 207 g/mol. The molecule has 0 amide bonds. The molecule has 4 aromatic rings. The third kappa shape index (κ3) is 0.852. The summed E-state index contributed by atoms with van der Waals surface area (Å²) in [6, 6.07) is 12.3. The van der Waals surface area contributed by atoms with Gasteiger partial charge in [-0.25, -0.2) is 0 Å². The topological polar surface area (TPSA) is 44.5 Å². The zero-order valence-corrected chi connectivity index (χ0v) is 8.49. The normalized spacial score (nSPS) is 11.8. The third-order valence-electron chi connectivity index (χ3n) is 3.06. The van der Waals surface area contributed by atoms with E-state index in [4.69, 9.17) is 0 Å². The number of aromatic amines is 2. The van der Waals surface area contributed by atoms with Crippen molar-refractivity contribution in [3.63, 3.8) is 0 Å². The first-order valence-corrected chi connectivity index (χ1v) is 5.26. The minimum absolute atomic E-state index is 1.03. The van der Waals surface area contributed by atoms with Gasteiger partial charge in [-0.15, -0.1) is 0 Å². The maximum absolute atomic E-state index is 4.48. The standard InChI is InChI=1S/C13H9N3/c1-3-8-7-14-9-4-2-6-11-13(9)12(8)10(5-1)15-16-11/h1-7,15-16H. The predicted octanol–water partition coefficient (Wildman–Crippen LogP) is 3.20. The fourth-order valence-electron chi connectivity index (χ4n) is 2.35. The summed E-state index contributed by atoms with van der Waals surface area (Å²) in [4.78, 5) is 4.48. The lowest BCUT2D eigenvalue weighted by atomic mass is 10.0. The number of aromatic nitrogens is 3. The second-order valence-corrected chi connectivity index (χ2v) is 3.98. The molecule has 0 radical (unpaired) electrons. The van der Waals surface area contributed by atoms with Crippen LogP contribution in [0.3, 0.4) is 0 Å². The zero-order chi connectivity index (χ0) is 10.5. The van der Waals surface area contributed by atoms with Crippen LogP contribution in [0.15, 0.2) is 42.6 Å². The van der Waals surface area contributed by atoms with Gasteiger partial charge in [0.25, 0.3) is 0 Å². The van der Waals surface area contributed by atoms with Crippen molar-refractivity contribution in [1.82, 2.24) is 15.2 Å². The van der Waals surface area contributed by atoms with Crippen molar-refractivity contribution in [2.24, 2.45) is 0 Å². The second-order valence-electron chi connectivity index (χ2n) is 3.98. The predicted molar refractivity (Wildman–Crippen MR) is 65.5 cm³/mol. The molecule has 2 N–H and O–H groups in total. The summed E-state index contributed by atoms with van der Waals surface area (Å²) in [5.74, 6) is 0. The van der Waals surface area contributed by atoms with Crippen molar-refractivity contribution in [3.05, 3.63) is 42.6 Å². The highest BCUT2D eigenvalue weighted by Crippen LogP contribution is 2.29. The van der Waals surface area contributed by atoms with Crippen molar-refractivity contribution in [2.45, 2.75) is 0 Å². The molecule has 2 aromatic heterocycles. The van der Waals surface area contributed by atoms with Crippen molar-refractivity contribution in [3.8, 4) is 0 Å². The average Bonchev–Trinajstić information content (AvgIpc) is 2.36. The molecule has 3 nitrogen and oxygen atoms in total. The molecule has 0 unspecified atom stereocenters. The number of rotatable bonds is 0. The van der Waals surface area contributed by atoms with Gasteiger partial charge in [0.2, 0.25) is 0 Å². The van der Waals surface area contributed by atoms with Gasteiger partial charge >= 0.3 is 0 Å². The SMILES string of the molecule is c1cc2cnc3cccc4[nH][nH]c(c1)c2c34. The molecule has 4 rings (SSSR count). The second kappa shape index (κ2) is 2.64. The van der Waals surface area contributed by atoms with E-state index in [2.05, 4.69) is 33.4 Å². The van der Waals surface area contributed by atoms with E-state index in [-0.39, 0.29) is 0 Å². The summed E-state index contributed by atoms with van der Waals surface area (Å²) in [6.45, 7) is 0. The molecule has 2 aromatic carbocycles. The lowest BCUT2D eigenvalue weighted by Crippen LogP contribution is -1.91. The molecule has 0 bridgehead atoms. The van der Waals surface area contributed by atoms with E-state index in [1.54, 1.807) is 0 Å². The number of nitrogens with one attached hydrogen (secondary N) is 2. The van der Waals surface area contributed by atoms with E-state index in [0.29, 0.717) is 0 Å². The Hall–Kier alpha value is -2.29. The zero-order valence-electron chi connectivity index (χ0n) is 8.49. The smallest absolute Gasteiger partial charge is 0.0730 e. The minimum atomic E-state index is 1.03. The van der Waals surface area contributed by atoms with Crippen LogP contribution in [0.4, 0.5) is 0 Å².